The van der Waals surface area contributed by atoms with Crippen LogP contribution in [0.25, 0.3) is 5.65 Å². The molecule has 52 valence electrons. The van der Waals surface area contributed by atoms with Crippen LogP contribution in [0.5, 0.6) is 0 Å². The highest BCUT2D eigenvalue weighted by atomic mass is 16.6. The predicted octanol–water partition coefficient (Wildman–Crippen LogP) is 0.194. The molecule has 0 aromatic carbocycles. The van der Waals surface area contributed by atoms with E-state index in [9.17, 15) is 0 Å². The van der Waals surface area contributed by atoms with Crippen molar-refractivity contribution in [3.8, 4) is 0 Å². The minimum absolute atomic E-state index is 0.933. The molecule has 0 saturated heterocycles. The van der Waals surface area contributed by atoms with Gasteiger partial charge in [-0.25, -0.2) is 4.98 Å². The van der Waals surface area contributed by atoms with Gasteiger partial charge in [-0.15, -0.1) is 0 Å². The summed E-state index contributed by atoms with van der Waals surface area (Å²) < 4.78 is 3.52. The molecule has 0 N–H and O–H groups in total. The van der Waals surface area contributed by atoms with Gasteiger partial charge in [0.2, 0.25) is 0 Å². The van der Waals surface area contributed by atoms with Crippen LogP contribution in [0.4, 0.5) is 0 Å². The Labute approximate surface area is 57.6 Å². The van der Waals surface area contributed by atoms with Crippen molar-refractivity contribution in [2.45, 2.75) is 0 Å². The average molecular weight is 137 g/mol. The second-order valence-electron chi connectivity index (χ2n) is 1.97. The van der Waals surface area contributed by atoms with Gasteiger partial charge in [-0.1, -0.05) is 0 Å². The minimum Gasteiger partial charge on any atom is -0.416 e. The Balaban J connectivity index is 2.76. The first-order chi connectivity index (χ1) is 4.92. The Morgan fingerprint density at radius 3 is 3.20 bits per heavy atom. The van der Waals surface area contributed by atoms with E-state index in [1.165, 1.54) is 0 Å². The molecule has 0 unspecified atom stereocenters. The third-order valence-electron chi connectivity index (χ3n) is 1.43. The Hall–Kier alpha value is -1.45. The van der Waals surface area contributed by atoms with Gasteiger partial charge in [0.15, 0.2) is 5.65 Å². The van der Waals surface area contributed by atoms with E-state index >= 15 is 0 Å². The fourth-order valence-corrected chi connectivity index (χ4v) is 0.946. The lowest BCUT2D eigenvalue weighted by Gasteiger charge is -1.96. The zero-order valence-electron chi connectivity index (χ0n) is 5.56. The SMILES string of the molecule is COn1ccn2cncc12. The first-order valence-electron chi connectivity index (χ1n) is 2.95. The average Bonchev–Trinajstić information content (AvgIpc) is 2.44. The second-order valence-corrected chi connectivity index (χ2v) is 1.97. The lowest BCUT2D eigenvalue weighted by atomic mass is 10.8. The molecule has 0 spiro atoms. The maximum atomic E-state index is 4.98. The van der Waals surface area contributed by atoms with Crippen LogP contribution in [-0.4, -0.2) is 21.2 Å². The van der Waals surface area contributed by atoms with Crippen LogP contribution in [-0.2, 0) is 0 Å². The number of hydrogen-bond donors (Lipinski definition) is 0. The maximum absolute atomic E-state index is 4.98. The van der Waals surface area contributed by atoms with Gasteiger partial charge in [0.05, 0.1) is 12.4 Å². The van der Waals surface area contributed by atoms with Crippen LogP contribution in [0.1, 0.15) is 0 Å². The van der Waals surface area contributed by atoms with Gasteiger partial charge < -0.3 is 4.84 Å². The number of nitrogens with zero attached hydrogens (tertiary/aromatic N) is 3. The molecule has 0 bridgehead atoms. The summed E-state index contributed by atoms with van der Waals surface area (Å²) in [5, 5.41) is 0. The fourth-order valence-electron chi connectivity index (χ4n) is 0.946. The van der Waals surface area contributed by atoms with Crippen LogP contribution in [0.3, 0.4) is 0 Å². The predicted molar refractivity (Wildman–Crippen MR) is 35.7 cm³/mol. The van der Waals surface area contributed by atoms with Crippen LogP contribution in [0, 0.1) is 0 Å². The summed E-state index contributed by atoms with van der Waals surface area (Å²) in [5.41, 5.74) is 0.933. The van der Waals surface area contributed by atoms with Crippen molar-refractivity contribution >= 4 is 5.65 Å². The Morgan fingerprint density at radius 2 is 2.40 bits per heavy atom. The quantitative estimate of drug-likeness (QED) is 0.562. The molecule has 2 aromatic rings. The summed E-state index contributed by atoms with van der Waals surface area (Å²) in [4.78, 5) is 8.91. The molecule has 0 aliphatic rings. The van der Waals surface area contributed by atoms with Crippen LogP contribution in [0.15, 0.2) is 24.9 Å². The molecule has 4 nitrogen and oxygen atoms in total. The van der Waals surface area contributed by atoms with Crippen molar-refractivity contribution in [2.24, 2.45) is 0 Å². The second kappa shape index (κ2) is 1.76. The van der Waals surface area contributed by atoms with Gasteiger partial charge in [-0.3, -0.25) is 4.40 Å². The van der Waals surface area contributed by atoms with Gasteiger partial charge in [0.1, 0.15) is 13.4 Å². The van der Waals surface area contributed by atoms with Crippen molar-refractivity contribution in [3.63, 3.8) is 0 Å². The lowest BCUT2D eigenvalue weighted by molar-refractivity contribution is 0.178. The van der Waals surface area contributed by atoms with E-state index in [1.807, 2.05) is 16.8 Å². The zero-order valence-corrected chi connectivity index (χ0v) is 5.56. The molecule has 0 saturated carbocycles. The van der Waals surface area contributed by atoms with Crippen molar-refractivity contribution in [3.05, 3.63) is 24.9 Å². The standard InChI is InChI=1S/C6H7N3O/c1-10-9-3-2-8-5-7-4-6(8)9/h2-5H,1H3. The highest BCUT2D eigenvalue weighted by Crippen LogP contribution is 2.00. The first-order valence-corrected chi connectivity index (χ1v) is 2.95. The normalized spacial score (nSPS) is 10.5. The van der Waals surface area contributed by atoms with Gasteiger partial charge >= 0.3 is 0 Å². The van der Waals surface area contributed by atoms with Gasteiger partial charge in [0, 0.05) is 6.20 Å². The fraction of sp³-hybridized carbons (Fsp3) is 0.167. The van der Waals surface area contributed by atoms with Crippen LogP contribution in [0.2, 0.25) is 0 Å². The molecule has 0 radical (unpaired) electrons. The summed E-state index contributed by atoms with van der Waals surface area (Å²) in [6, 6.07) is 0. The molecular formula is C6H7N3O. The molecule has 0 atom stereocenters. The number of fused-ring (bicyclic) bond motifs is 1. The molecule has 4 heteroatoms. The van der Waals surface area contributed by atoms with E-state index in [4.69, 9.17) is 4.84 Å². The molecular weight excluding hydrogens is 130 g/mol. The van der Waals surface area contributed by atoms with Gasteiger partial charge in [-0.05, 0) is 0 Å². The van der Waals surface area contributed by atoms with Crippen molar-refractivity contribution in [2.75, 3.05) is 7.11 Å². The first kappa shape index (κ1) is 5.34. The zero-order chi connectivity index (χ0) is 6.97. The summed E-state index contributed by atoms with van der Waals surface area (Å²) in [7, 11) is 1.62. The van der Waals surface area contributed by atoms with Gasteiger partial charge in [0.25, 0.3) is 0 Å². The monoisotopic (exact) mass is 137 g/mol. The molecule has 0 amide bonds. The topological polar surface area (TPSA) is 31.5 Å². The maximum Gasteiger partial charge on any atom is 0.172 e. The van der Waals surface area contributed by atoms with Crippen molar-refractivity contribution in [1.82, 2.24) is 14.1 Å². The van der Waals surface area contributed by atoms with E-state index in [1.54, 1.807) is 24.4 Å². The lowest BCUT2D eigenvalue weighted by Crippen LogP contribution is -2.02. The minimum atomic E-state index is 0.933. The number of imidazole rings is 2. The van der Waals surface area contributed by atoms with E-state index < -0.39 is 0 Å². The molecule has 10 heavy (non-hydrogen) atoms. The summed E-state index contributed by atoms with van der Waals surface area (Å²) >= 11 is 0. The summed E-state index contributed by atoms with van der Waals surface area (Å²) in [6.07, 6.45) is 7.18. The van der Waals surface area contributed by atoms with E-state index in [2.05, 4.69) is 4.98 Å². The van der Waals surface area contributed by atoms with Crippen molar-refractivity contribution < 1.29 is 4.84 Å². The largest absolute Gasteiger partial charge is 0.416 e. The Bertz CT molecular complexity index is 335. The molecule has 0 aliphatic heterocycles. The molecule has 0 aliphatic carbocycles. The highest BCUT2D eigenvalue weighted by molar-refractivity contribution is 5.35. The smallest absolute Gasteiger partial charge is 0.172 e. The van der Waals surface area contributed by atoms with Crippen LogP contribution >= 0.6 is 0 Å². The third kappa shape index (κ3) is 0.528. The van der Waals surface area contributed by atoms with Crippen molar-refractivity contribution in [1.29, 1.82) is 0 Å². The van der Waals surface area contributed by atoms with Gasteiger partial charge in [-0.2, -0.15) is 4.73 Å². The van der Waals surface area contributed by atoms with E-state index in [0.29, 0.717) is 0 Å². The number of hydrogen-bond acceptors (Lipinski definition) is 2. The van der Waals surface area contributed by atoms with E-state index in [0.717, 1.165) is 5.65 Å². The third-order valence-corrected chi connectivity index (χ3v) is 1.43. The molecule has 2 heterocycles. The molecule has 0 fully saturated rings. The van der Waals surface area contributed by atoms with Crippen LogP contribution < -0.4 is 4.84 Å². The molecule has 2 rings (SSSR count). The van der Waals surface area contributed by atoms with E-state index in [-0.39, 0.29) is 0 Å². The number of rotatable bonds is 1. The Morgan fingerprint density at radius 1 is 1.50 bits per heavy atom. The summed E-state index contributed by atoms with van der Waals surface area (Å²) in [6.45, 7) is 0. The summed E-state index contributed by atoms with van der Waals surface area (Å²) in [5.74, 6) is 0. The highest BCUT2D eigenvalue weighted by Gasteiger charge is 1.97. The number of aromatic nitrogens is 3. The Kier molecular flexibility index (Phi) is 0.943. The molecule has 2 aromatic heterocycles.